The summed E-state index contributed by atoms with van der Waals surface area (Å²) >= 11 is 0. The van der Waals surface area contributed by atoms with E-state index >= 15 is 0 Å². The van der Waals surface area contributed by atoms with Crippen molar-refractivity contribution in [1.29, 1.82) is 0 Å². The van der Waals surface area contributed by atoms with Gasteiger partial charge in [-0.1, -0.05) is 11.2 Å². The minimum absolute atomic E-state index is 0.604. The van der Waals surface area contributed by atoms with E-state index in [-0.39, 0.29) is 0 Å². The predicted molar refractivity (Wildman–Crippen MR) is 59.6 cm³/mol. The Bertz CT molecular complexity index is 523. The van der Waals surface area contributed by atoms with E-state index in [9.17, 15) is 8.42 Å². The number of hydrogen-bond donors (Lipinski definition) is 0. The molecule has 1 aromatic heterocycles. The number of rotatable bonds is 2. The molecule has 0 aromatic carbocycles. The van der Waals surface area contributed by atoms with E-state index in [0.717, 1.165) is 30.4 Å². The molecule has 5 nitrogen and oxygen atoms in total. The molecule has 86 valence electrons. The first-order valence-corrected chi connectivity index (χ1v) is 6.78. The zero-order valence-corrected chi connectivity index (χ0v) is 9.70. The molecule has 0 unspecified atom stereocenters. The van der Waals surface area contributed by atoms with Crippen LogP contribution in [0.2, 0.25) is 0 Å². The largest absolute Gasteiger partial charge is 0.325 e. The average molecular weight is 240 g/mol. The van der Waals surface area contributed by atoms with Crippen molar-refractivity contribution in [3.05, 3.63) is 29.6 Å². The normalized spacial score (nSPS) is 18.2. The van der Waals surface area contributed by atoms with Crippen molar-refractivity contribution in [2.75, 3.05) is 6.26 Å². The Hall–Kier alpha value is -1.43. The maximum Gasteiger partial charge on any atom is 0.325 e. The zero-order chi connectivity index (χ0) is 11.6. The molecule has 0 atom stereocenters. The van der Waals surface area contributed by atoms with Crippen LogP contribution in [-0.4, -0.2) is 25.4 Å². The van der Waals surface area contributed by atoms with Crippen LogP contribution in [0.4, 0.5) is 0 Å². The molecule has 0 radical (unpaired) electrons. The first-order valence-electron chi connectivity index (χ1n) is 4.96. The van der Waals surface area contributed by atoms with Crippen molar-refractivity contribution in [2.24, 2.45) is 5.16 Å². The molecule has 1 aliphatic carbocycles. The zero-order valence-electron chi connectivity index (χ0n) is 8.88. The van der Waals surface area contributed by atoms with Crippen LogP contribution in [0.15, 0.2) is 23.5 Å². The first-order chi connectivity index (χ1) is 7.56. The monoisotopic (exact) mass is 240 g/mol. The highest BCUT2D eigenvalue weighted by Crippen LogP contribution is 2.19. The molecule has 1 aliphatic rings. The molecule has 1 heterocycles. The lowest BCUT2D eigenvalue weighted by molar-refractivity contribution is 0.341. The summed E-state index contributed by atoms with van der Waals surface area (Å²) in [5, 5.41) is 3.66. The maximum atomic E-state index is 10.8. The van der Waals surface area contributed by atoms with Gasteiger partial charge in [0, 0.05) is 6.20 Å². The second kappa shape index (κ2) is 4.21. The summed E-state index contributed by atoms with van der Waals surface area (Å²) in [6.45, 7) is 0. The lowest BCUT2D eigenvalue weighted by atomic mass is 9.95. The second-order valence-electron chi connectivity index (χ2n) is 3.68. The lowest BCUT2D eigenvalue weighted by Crippen LogP contribution is -2.15. The standard InChI is InChI=1S/C10H12N2O3S/c1-16(13,14)15-12-9-6-2-4-8-5-3-7-11-10(8)9/h3,5,7H,2,4,6H2,1H3. The van der Waals surface area contributed by atoms with Crippen LogP contribution < -0.4 is 0 Å². The molecule has 0 amide bonds. The smallest absolute Gasteiger partial charge is 0.268 e. The van der Waals surface area contributed by atoms with E-state index in [0.29, 0.717) is 12.1 Å². The van der Waals surface area contributed by atoms with Crippen LogP contribution in [0.1, 0.15) is 24.1 Å². The fraction of sp³-hybridized carbons (Fsp3) is 0.400. The molecule has 1 aromatic rings. The molecule has 0 bridgehead atoms. The van der Waals surface area contributed by atoms with Crippen LogP contribution in [0.3, 0.4) is 0 Å². The van der Waals surface area contributed by atoms with E-state index in [1.165, 1.54) is 0 Å². The number of aromatic nitrogens is 1. The summed E-state index contributed by atoms with van der Waals surface area (Å²) in [7, 11) is -3.54. The van der Waals surface area contributed by atoms with Gasteiger partial charge >= 0.3 is 10.1 Å². The van der Waals surface area contributed by atoms with Gasteiger partial charge in [0.1, 0.15) is 5.71 Å². The Kier molecular flexibility index (Phi) is 2.91. The van der Waals surface area contributed by atoms with E-state index in [2.05, 4.69) is 14.4 Å². The third kappa shape index (κ3) is 2.57. The summed E-state index contributed by atoms with van der Waals surface area (Å²) in [4.78, 5) is 4.20. The van der Waals surface area contributed by atoms with E-state index in [1.54, 1.807) is 6.20 Å². The van der Waals surface area contributed by atoms with E-state index in [1.807, 2.05) is 12.1 Å². The quantitative estimate of drug-likeness (QED) is 0.726. The highest BCUT2D eigenvalue weighted by atomic mass is 32.2. The number of oxime groups is 1. The summed E-state index contributed by atoms with van der Waals surface area (Å²) in [6, 6.07) is 3.83. The van der Waals surface area contributed by atoms with Crippen molar-refractivity contribution >= 4 is 15.8 Å². The van der Waals surface area contributed by atoms with Crippen molar-refractivity contribution in [3.8, 4) is 0 Å². The second-order valence-corrected chi connectivity index (χ2v) is 5.24. The topological polar surface area (TPSA) is 68.6 Å². The van der Waals surface area contributed by atoms with Gasteiger partial charge in [0.05, 0.1) is 11.9 Å². The molecular weight excluding hydrogens is 228 g/mol. The maximum absolute atomic E-state index is 10.8. The molecule has 0 fully saturated rings. The van der Waals surface area contributed by atoms with Crippen molar-refractivity contribution < 1.29 is 12.7 Å². The molecule has 2 rings (SSSR count). The number of aryl methyl sites for hydroxylation is 1. The molecule has 16 heavy (non-hydrogen) atoms. The van der Waals surface area contributed by atoms with Gasteiger partial charge in [-0.15, -0.1) is 0 Å². The molecule has 0 spiro atoms. The van der Waals surface area contributed by atoms with Crippen LogP contribution in [-0.2, 0) is 20.8 Å². The minimum Gasteiger partial charge on any atom is -0.268 e. The van der Waals surface area contributed by atoms with Crippen LogP contribution >= 0.6 is 0 Å². The van der Waals surface area contributed by atoms with Crippen molar-refractivity contribution in [1.82, 2.24) is 4.98 Å². The third-order valence-corrected chi connectivity index (χ3v) is 2.65. The number of hydrogen-bond acceptors (Lipinski definition) is 5. The molecule has 0 saturated heterocycles. The summed E-state index contributed by atoms with van der Waals surface area (Å²) < 4.78 is 26.1. The van der Waals surface area contributed by atoms with Gasteiger partial charge in [0.15, 0.2) is 0 Å². The van der Waals surface area contributed by atoms with Crippen molar-refractivity contribution in [3.63, 3.8) is 0 Å². The Morgan fingerprint density at radius 2 is 2.25 bits per heavy atom. The molecule has 0 aliphatic heterocycles. The third-order valence-electron chi connectivity index (χ3n) is 2.31. The Morgan fingerprint density at radius 3 is 3.00 bits per heavy atom. The van der Waals surface area contributed by atoms with Crippen molar-refractivity contribution in [2.45, 2.75) is 19.3 Å². The summed E-state index contributed by atoms with van der Waals surface area (Å²) in [5.41, 5.74) is 2.44. The fourth-order valence-electron chi connectivity index (χ4n) is 1.67. The van der Waals surface area contributed by atoms with Crippen LogP contribution in [0.25, 0.3) is 0 Å². The average Bonchev–Trinajstić information content (AvgIpc) is 2.25. The van der Waals surface area contributed by atoms with Gasteiger partial charge in [-0.3, -0.25) is 9.27 Å². The van der Waals surface area contributed by atoms with Gasteiger partial charge in [-0.05, 0) is 30.9 Å². The number of pyridine rings is 1. The number of fused-ring (bicyclic) bond motifs is 1. The molecule has 0 N–H and O–H groups in total. The van der Waals surface area contributed by atoms with Crippen LogP contribution in [0.5, 0.6) is 0 Å². The van der Waals surface area contributed by atoms with E-state index in [4.69, 9.17) is 0 Å². The summed E-state index contributed by atoms with van der Waals surface area (Å²) in [5.74, 6) is 0. The number of nitrogens with zero attached hydrogens (tertiary/aromatic N) is 2. The van der Waals surface area contributed by atoms with Gasteiger partial charge < -0.3 is 0 Å². The van der Waals surface area contributed by atoms with E-state index < -0.39 is 10.1 Å². The Morgan fingerprint density at radius 1 is 1.44 bits per heavy atom. The lowest BCUT2D eigenvalue weighted by Gasteiger charge is -2.15. The Balaban J connectivity index is 2.32. The van der Waals surface area contributed by atoms with Gasteiger partial charge in [0.25, 0.3) is 0 Å². The fourth-order valence-corrected chi connectivity index (χ4v) is 1.89. The molecule has 6 heteroatoms. The molecular formula is C10H12N2O3S. The summed E-state index contributed by atoms with van der Waals surface area (Å²) in [6.07, 6.45) is 5.21. The first kappa shape index (κ1) is 11.1. The molecule has 0 saturated carbocycles. The SMILES string of the molecule is CS(=O)(=O)ON=C1CCCc2cccnc21. The minimum atomic E-state index is -3.54. The van der Waals surface area contributed by atoms with Gasteiger partial charge in [-0.2, -0.15) is 8.42 Å². The van der Waals surface area contributed by atoms with Gasteiger partial charge in [-0.25, -0.2) is 0 Å². The Labute approximate surface area is 94.3 Å². The highest BCUT2D eigenvalue weighted by molar-refractivity contribution is 7.85. The highest BCUT2D eigenvalue weighted by Gasteiger charge is 2.17. The van der Waals surface area contributed by atoms with Gasteiger partial charge in [0.2, 0.25) is 0 Å². The van der Waals surface area contributed by atoms with Crippen LogP contribution in [0, 0.1) is 0 Å². The predicted octanol–water partition coefficient (Wildman–Crippen LogP) is 1.10.